The molecule has 0 aliphatic heterocycles. The molecule has 0 saturated carbocycles. The lowest BCUT2D eigenvalue weighted by Gasteiger charge is -2.20. The number of rotatable bonds is 4. The first kappa shape index (κ1) is 14.9. The largest absolute Gasteiger partial charge is 0.465 e. The standard InChI is InChI=1S/C18H25NO/c1-13-6-11-17(20-13)16(19-5)12-14-7-9-15(10-8-14)18(2,3)4/h6-11,16,19H,12H2,1-5H3. The Morgan fingerprint density at radius 3 is 2.15 bits per heavy atom. The van der Waals surface area contributed by atoms with Crippen LogP contribution in [0.4, 0.5) is 0 Å². The molecule has 20 heavy (non-hydrogen) atoms. The Hall–Kier alpha value is -1.54. The summed E-state index contributed by atoms with van der Waals surface area (Å²) in [4.78, 5) is 0. The van der Waals surface area contributed by atoms with Crippen molar-refractivity contribution in [1.29, 1.82) is 0 Å². The molecule has 0 aliphatic carbocycles. The summed E-state index contributed by atoms with van der Waals surface area (Å²) in [5, 5.41) is 3.33. The van der Waals surface area contributed by atoms with E-state index in [9.17, 15) is 0 Å². The van der Waals surface area contributed by atoms with Gasteiger partial charge in [-0.2, -0.15) is 0 Å². The van der Waals surface area contributed by atoms with Gasteiger partial charge in [0.1, 0.15) is 11.5 Å². The number of hydrogen-bond acceptors (Lipinski definition) is 2. The summed E-state index contributed by atoms with van der Waals surface area (Å²) in [6, 6.07) is 13.2. The number of furan rings is 1. The van der Waals surface area contributed by atoms with Crippen molar-refractivity contribution in [2.24, 2.45) is 0 Å². The lowest BCUT2D eigenvalue weighted by atomic mass is 9.86. The number of nitrogens with one attached hydrogen (secondary N) is 1. The van der Waals surface area contributed by atoms with Gasteiger partial charge in [0.25, 0.3) is 0 Å². The van der Waals surface area contributed by atoms with Crippen LogP contribution in [0.25, 0.3) is 0 Å². The number of benzene rings is 1. The molecule has 0 amide bonds. The summed E-state index contributed by atoms with van der Waals surface area (Å²) in [5.41, 5.74) is 2.90. The molecule has 1 atom stereocenters. The van der Waals surface area contributed by atoms with Gasteiger partial charge in [-0.1, -0.05) is 45.0 Å². The van der Waals surface area contributed by atoms with Gasteiger partial charge >= 0.3 is 0 Å². The summed E-state index contributed by atoms with van der Waals surface area (Å²) >= 11 is 0. The third-order valence-corrected chi connectivity index (χ3v) is 3.71. The molecule has 0 aliphatic rings. The first-order valence-electron chi connectivity index (χ1n) is 7.23. The van der Waals surface area contributed by atoms with Crippen LogP contribution in [-0.2, 0) is 11.8 Å². The van der Waals surface area contributed by atoms with Crippen LogP contribution in [0.3, 0.4) is 0 Å². The van der Waals surface area contributed by atoms with Gasteiger partial charge in [0.2, 0.25) is 0 Å². The van der Waals surface area contributed by atoms with E-state index in [1.807, 2.05) is 20.0 Å². The third kappa shape index (κ3) is 3.51. The summed E-state index contributed by atoms with van der Waals surface area (Å²) in [5.74, 6) is 1.97. The van der Waals surface area contributed by atoms with Crippen LogP contribution < -0.4 is 5.32 Å². The van der Waals surface area contributed by atoms with E-state index < -0.39 is 0 Å². The van der Waals surface area contributed by atoms with Gasteiger partial charge in [0, 0.05) is 0 Å². The molecule has 0 spiro atoms. The molecular weight excluding hydrogens is 246 g/mol. The van der Waals surface area contributed by atoms with Crippen LogP contribution in [0.5, 0.6) is 0 Å². The van der Waals surface area contributed by atoms with Crippen LogP contribution in [0.2, 0.25) is 0 Å². The lowest BCUT2D eigenvalue weighted by Crippen LogP contribution is -2.18. The van der Waals surface area contributed by atoms with Crippen molar-refractivity contribution in [2.45, 2.75) is 45.6 Å². The molecular formula is C18H25NO. The van der Waals surface area contributed by atoms with E-state index in [4.69, 9.17) is 4.42 Å². The highest BCUT2D eigenvalue weighted by molar-refractivity contribution is 5.28. The quantitative estimate of drug-likeness (QED) is 0.892. The first-order valence-corrected chi connectivity index (χ1v) is 7.23. The molecule has 1 aromatic heterocycles. The highest BCUT2D eigenvalue weighted by atomic mass is 16.3. The Balaban J connectivity index is 2.12. The Bertz CT molecular complexity index is 546. The molecule has 2 aromatic rings. The van der Waals surface area contributed by atoms with Crippen LogP contribution in [0, 0.1) is 6.92 Å². The van der Waals surface area contributed by atoms with Crippen LogP contribution >= 0.6 is 0 Å². The van der Waals surface area contributed by atoms with Crippen LogP contribution in [-0.4, -0.2) is 7.05 Å². The van der Waals surface area contributed by atoms with Crippen molar-refractivity contribution in [3.05, 3.63) is 59.0 Å². The van der Waals surface area contributed by atoms with Gasteiger partial charge in [-0.25, -0.2) is 0 Å². The van der Waals surface area contributed by atoms with Crippen LogP contribution in [0.15, 0.2) is 40.8 Å². The summed E-state index contributed by atoms with van der Waals surface area (Å²) in [6.45, 7) is 8.70. The smallest absolute Gasteiger partial charge is 0.121 e. The molecule has 2 nitrogen and oxygen atoms in total. The predicted molar refractivity (Wildman–Crippen MR) is 84.1 cm³/mol. The zero-order valence-electron chi connectivity index (χ0n) is 13.2. The maximum atomic E-state index is 5.72. The van der Waals surface area contributed by atoms with E-state index in [0.29, 0.717) is 0 Å². The minimum Gasteiger partial charge on any atom is -0.465 e. The van der Waals surface area contributed by atoms with E-state index in [-0.39, 0.29) is 11.5 Å². The monoisotopic (exact) mass is 271 g/mol. The van der Waals surface area contributed by atoms with Gasteiger partial charge in [-0.05, 0) is 49.1 Å². The Morgan fingerprint density at radius 1 is 1.05 bits per heavy atom. The topological polar surface area (TPSA) is 25.2 Å². The minimum atomic E-state index is 0.207. The van der Waals surface area contributed by atoms with E-state index in [1.54, 1.807) is 0 Å². The van der Waals surface area contributed by atoms with Crippen molar-refractivity contribution < 1.29 is 4.42 Å². The normalized spacial score (nSPS) is 13.4. The fraction of sp³-hybridized carbons (Fsp3) is 0.444. The van der Waals surface area contributed by atoms with Crippen molar-refractivity contribution in [3.63, 3.8) is 0 Å². The first-order chi connectivity index (χ1) is 9.40. The molecule has 2 heteroatoms. The zero-order valence-corrected chi connectivity index (χ0v) is 13.2. The SMILES string of the molecule is CNC(Cc1ccc(C(C)(C)C)cc1)c1ccc(C)o1. The molecule has 1 unspecified atom stereocenters. The average Bonchev–Trinajstić information content (AvgIpc) is 2.82. The molecule has 108 valence electrons. The van der Waals surface area contributed by atoms with E-state index in [2.05, 4.69) is 56.4 Å². The molecule has 1 heterocycles. The second-order valence-electron chi connectivity index (χ2n) is 6.44. The van der Waals surface area contributed by atoms with E-state index >= 15 is 0 Å². The lowest BCUT2D eigenvalue weighted by molar-refractivity contribution is 0.414. The summed E-state index contributed by atoms with van der Waals surface area (Å²) in [7, 11) is 1.98. The highest BCUT2D eigenvalue weighted by Crippen LogP contribution is 2.24. The maximum Gasteiger partial charge on any atom is 0.121 e. The Labute approximate surface area is 122 Å². The van der Waals surface area contributed by atoms with Crippen LogP contribution in [0.1, 0.15) is 49.5 Å². The van der Waals surface area contributed by atoms with Crippen molar-refractivity contribution in [3.8, 4) is 0 Å². The molecule has 0 radical (unpaired) electrons. The van der Waals surface area contributed by atoms with E-state index in [1.165, 1.54) is 11.1 Å². The predicted octanol–water partition coefficient (Wildman–Crippen LogP) is 4.39. The molecule has 1 N–H and O–H groups in total. The maximum absolute atomic E-state index is 5.72. The van der Waals surface area contributed by atoms with Gasteiger partial charge in [0.15, 0.2) is 0 Å². The van der Waals surface area contributed by atoms with Gasteiger partial charge in [-0.15, -0.1) is 0 Å². The Morgan fingerprint density at radius 2 is 1.70 bits per heavy atom. The van der Waals surface area contributed by atoms with Crippen molar-refractivity contribution >= 4 is 0 Å². The molecule has 0 bridgehead atoms. The summed E-state index contributed by atoms with van der Waals surface area (Å²) < 4.78 is 5.72. The third-order valence-electron chi connectivity index (χ3n) is 3.71. The second-order valence-corrected chi connectivity index (χ2v) is 6.44. The van der Waals surface area contributed by atoms with Gasteiger partial charge in [0.05, 0.1) is 6.04 Å². The number of aryl methyl sites for hydroxylation is 1. The highest BCUT2D eigenvalue weighted by Gasteiger charge is 2.16. The average molecular weight is 271 g/mol. The molecule has 1 aromatic carbocycles. The fourth-order valence-corrected chi connectivity index (χ4v) is 2.36. The zero-order chi connectivity index (χ0) is 14.8. The minimum absolute atomic E-state index is 0.207. The Kier molecular flexibility index (Phi) is 4.34. The van der Waals surface area contributed by atoms with Crippen molar-refractivity contribution in [1.82, 2.24) is 5.32 Å². The van der Waals surface area contributed by atoms with E-state index in [0.717, 1.165) is 17.9 Å². The number of hydrogen-bond donors (Lipinski definition) is 1. The van der Waals surface area contributed by atoms with Crippen molar-refractivity contribution in [2.75, 3.05) is 7.05 Å². The second kappa shape index (κ2) is 5.84. The molecule has 0 saturated heterocycles. The number of likely N-dealkylation sites (N-methyl/N-ethyl adjacent to an activating group) is 1. The van der Waals surface area contributed by atoms with Gasteiger partial charge < -0.3 is 9.73 Å². The molecule has 0 fully saturated rings. The summed E-state index contributed by atoms with van der Waals surface area (Å²) in [6.07, 6.45) is 0.938. The fourth-order valence-electron chi connectivity index (χ4n) is 2.36. The molecule has 2 rings (SSSR count). The van der Waals surface area contributed by atoms with Gasteiger partial charge in [-0.3, -0.25) is 0 Å².